The van der Waals surface area contributed by atoms with Gasteiger partial charge >= 0.3 is 0 Å². The number of carbonyl (C=O) groups is 2. The van der Waals surface area contributed by atoms with Crippen molar-refractivity contribution in [1.29, 1.82) is 0 Å². The van der Waals surface area contributed by atoms with Crippen molar-refractivity contribution in [2.45, 2.75) is 19.3 Å². The summed E-state index contributed by atoms with van der Waals surface area (Å²) in [6.07, 6.45) is 2.71. The van der Waals surface area contributed by atoms with Crippen molar-refractivity contribution in [3.8, 4) is 0 Å². The van der Waals surface area contributed by atoms with Crippen LogP contribution in [0.2, 0.25) is 0 Å². The maximum Gasteiger partial charge on any atom is 0.232 e. The number of rotatable bonds is 5. The van der Waals surface area contributed by atoms with Crippen LogP contribution in [0.25, 0.3) is 11.0 Å². The Balaban J connectivity index is 1.56. The molecule has 3 aromatic rings. The van der Waals surface area contributed by atoms with Crippen LogP contribution >= 0.6 is 0 Å². The maximum atomic E-state index is 12.3. The second-order valence-corrected chi connectivity index (χ2v) is 5.64. The molecule has 0 saturated heterocycles. The molecule has 0 aliphatic rings. The summed E-state index contributed by atoms with van der Waals surface area (Å²) in [4.78, 5) is 30.4. The second-order valence-electron chi connectivity index (χ2n) is 5.64. The van der Waals surface area contributed by atoms with Gasteiger partial charge in [0.15, 0.2) is 0 Å². The molecule has 0 spiro atoms. The molecule has 24 heavy (non-hydrogen) atoms. The van der Waals surface area contributed by atoms with E-state index >= 15 is 0 Å². The van der Waals surface area contributed by atoms with E-state index in [1.54, 1.807) is 22.8 Å². The largest absolute Gasteiger partial charge is 0.316 e. The number of hydrogen-bond donors (Lipinski definition) is 0. The Hall–Kier alpha value is -2.95. The molecular formula is C19H19N3O2. The standard InChI is InChI=1S/C19H19N3O2/c1-21(15-8-3-2-4-9-15)18(23)12-7-13-19(24)22-14-20-16-10-5-6-11-17(16)22/h2-6,8-11,14H,7,12-13H2,1H3. The summed E-state index contributed by atoms with van der Waals surface area (Å²) in [5, 5.41) is 0. The number of carbonyl (C=O) groups excluding carboxylic acids is 2. The van der Waals surface area contributed by atoms with E-state index in [1.165, 1.54) is 0 Å². The zero-order valence-electron chi connectivity index (χ0n) is 13.6. The number of aromatic nitrogens is 2. The van der Waals surface area contributed by atoms with Gasteiger partial charge in [-0.1, -0.05) is 30.3 Å². The molecule has 0 atom stereocenters. The molecule has 0 aliphatic carbocycles. The van der Waals surface area contributed by atoms with Crippen molar-refractivity contribution in [2.24, 2.45) is 0 Å². The number of anilines is 1. The number of nitrogens with zero attached hydrogens (tertiary/aromatic N) is 3. The van der Waals surface area contributed by atoms with Crippen LogP contribution in [0.1, 0.15) is 24.1 Å². The van der Waals surface area contributed by atoms with Gasteiger partial charge in [-0.05, 0) is 30.7 Å². The van der Waals surface area contributed by atoms with Gasteiger partial charge < -0.3 is 4.90 Å². The van der Waals surface area contributed by atoms with E-state index in [4.69, 9.17) is 0 Å². The molecule has 5 heteroatoms. The van der Waals surface area contributed by atoms with Crippen LogP contribution in [0.15, 0.2) is 60.9 Å². The highest BCUT2D eigenvalue weighted by atomic mass is 16.2. The fourth-order valence-corrected chi connectivity index (χ4v) is 2.63. The number of benzene rings is 2. The minimum atomic E-state index is -0.0427. The molecule has 0 bridgehead atoms. The van der Waals surface area contributed by atoms with Gasteiger partial charge in [0.2, 0.25) is 11.8 Å². The lowest BCUT2D eigenvalue weighted by Crippen LogP contribution is -2.26. The van der Waals surface area contributed by atoms with E-state index in [9.17, 15) is 9.59 Å². The minimum absolute atomic E-state index is 0.00416. The first kappa shape index (κ1) is 15.9. The van der Waals surface area contributed by atoms with Crippen LogP contribution in [0, 0.1) is 0 Å². The number of amides is 1. The van der Waals surface area contributed by atoms with Crippen molar-refractivity contribution < 1.29 is 9.59 Å². The quantitative estimate of drug-likeness (QED) is 0.722. The van der Waals surface area contributed by atoms with Crippen molar-refractivity contribution in [3.63, 3.8) is 0 Å². The van der Waals surface area contributed by atoms with Crippen molar-refractivity contribution in [2.75, 3.05) is 11.9 Å². The average molecular weight is 321 g/mol. The third-order valence-corrected chi connectivity index (χ3v) is 4.02. The van der Waals surface area contributed by atoms with Crippen LogP contribution in [0.3, 0.4) is 0 Å². The predicted octanol–water partition coefficient (Wildman–Crippen LogP) is 3.51. The van der Waals surface area contributed by atoms with Crippen LogP contribution in [-0.2, 0) is 4.79 Å². The summed E-state index contributed by atoms with van der Waals surface area (Å²) >= 11 is 0. The molecule has 3 rings (SSSR count). The smallest absolute Gasteiger partial charge is 0.232 e. The van der Waals surface area contributed by atoms with E-state index in [0.29, 0.717) is 19.3 Å². The van der Waals surface area contributed by atoms with Crippen molar-refractivity contribution in [1.82, 2.24) is 9.55 Å². The highest BCUT2D eigenvalue weighted by molar-refractivity contribution is 5.93. The molecule has 0 unspecified atom stereocenters. The monoisotopic (exact) mass is 321 g/mol. The Morgan fingerprint density at radius 2 is 1.71 bits per heavy atom. The fraction of sp³-hybridized carbons (Fsp3) is 0.211. The molecule has 1 heterocycles. The van der Waals surface area contributed by atoms with Gasteiger partial charge in [0, 0.05) is 25.6 Å². The van der Waals surface area contributed by atoms with E-state index in [-0.39, 0.29) is 11.8 Å². The normalized spacial score (nSPS) is 10.7. The second kappa shape index (κ2) is 7.08. The van der Waals surface area contributed by atoms with Crippen LogP contribution in [0.5, 0.6) is 0 Å². The number of fused-ring (bicyclic) bond motifs is 1. The molecule has 0 N–H and O–H groups in total. The average Bonchev–Trinajstić information content (AvgIpc) is 3.06. The predicted molar refractivity (Wildman–Crippen MR) is 94.1 cm³/mol. The van der Waals surface area contributed by atoms with E-state index < -0.39 is 0 Å². The van der Waals surface area contributed by atoms with Gasteiger partial charge in [0.25, 0.3) is 0 Å². The Kier molecular flexibility index (Phi) is 4.70. The summed E-state index contributed by atoms with van der Waals surface area (Å²) in [5.74, 6) is -0.0386. The molecule has 1 amide bonds. The van der Waals surface area contributed by atoms with Gasteiger partial charge in [0.1, 0.15) is 6.33 Å². The van der Waals surface area contributed by atoms with Crippen molar-refractivity contribution >= 4 is 28.5 Å². The van der Waals surface area contributed by atoms with Gasteiger partial charge in [-0.3, -0.25) is 14.2 Å². The lowest BCUT2D eigenvalue weighted by molar-refractivity contribution is -0.118. The Morgan fingerprint density at radius 3 is 2.50 bits per heavy atom. The molecule has 122 valence electrons. The number of imidazole rings is 1. The van der Waals surface area contributed by atoms with Gasteiger partial charge in [0.05, 0.1) is 11.0 Å². The summed E-state index contributed by atoms with van der Waals surface area (Å²) in [7, 11) is 1.75. The topological polar surface area (TPSA) is 55.2 Å². The van der Waals surface area contributed by atoms with Gasteiger partial charge in [-0.25, -0.2) is 4.98 Å². The SMILES string of the molecule is CN(C(=O)CCCC(=O)n1cnc2ccccc21)c1ccccc1. The first-order chi connectivity index (χ1) is 11.7. The molecule has 0 fully saturated rings. The first-order valence-electron chi connectivity index (χ1n) is 7.94. The van der Waals surface area contributed by atoms with Crippen molar-refractivity contribution in [3.05, 3.63) is 60.9 Å². The lowest BCUT2D eigenvalue weighted by Gasteiger charge is -2.17. The van der Waals surface area contributed by atoms with E-state index in [2.05, 4.69) is 4.98 Å². The summed E-state index contributed by atoms with van der Waals surface area (Å²) < 4.78 is 1.56. The lowest BCUT2D eigenvalue weighted by atomic mass is 10.2. The summed E-state index contributed by atoms with van der Waals surface area (Å²) in [6.45, 7) is 0. The van der Waals surface area contributed by atoms with Gasteiger partial charge in [-0.2, -0.15) is 0 Å². The third-order valence-electron chi connectivity index (χ3n) is 4.02. The zero-order chi connectivity index (χ0) is 16.9. The molecule has 0 aliphatic heterocycles. The first-order valence-corrected chi connectivity index (χ1v) is 7.94. The van der Waals surface area contributed by atoms with Crippen LogP contribution < -0.4 is 4.90 Å². The molecule has 1 aromatic heterocycles. The molecule has 0 radical (unpaired) electrons. The zero-order valence-corrected chi connectivity index (χ0v) is 13.6. The van der Waals surface area contributed by atoms with E-state index in [0.717, 1.165) is 16.7 Å². The number of hydrogen-bond acceptors (Lipinski definition) is 3. The molecular weight excluding hydrogens is 302 g/mol. The molecule has 2 aromatic carbocycles. The highest BCUT2D eigenvalue weighted by Gasteiger charge is 2.13. The Labute approximate surface area is 140 Å². The van der Waals surface area contributed by atoms with Crippen LogP contribution in [-0.4, -0.2) is 28.4 Å². The maximum absolute atomic E-state index is 12.3. The summed E-state index contributed by atoms with van der Waals surface area (Å²) in [5.41, 5.74) is 2.45. The third kappa shape index (κ3) is 3.35. The minimum Gasteiger partial charge on any atom is -0.316 e. The van der Waals surface area contributed by atoms with Gasteiger partial charge in [-0.15, -0.1) is 0 Å². The Morgan fingerprint density at radius 1 is 1.00 bits per heavy atom. The summed E-state index contributed by atoms with van der Waals surface area (Å²) in [6, 6.07) is 17.0. The van der Waals surface area contributed by atoms with Crippen LogP contribution in [0.4, 0.5) is 5.69 Å². The Bertz CT molecular complexity index is 855. The highest BCUT2D eigenvalue weighted by Crippen LogP contribution is 2.15. The molecule has 0 saturated carbocycles. The fourth-order valence-electron chi connectivity index (χ4n) is 2.63. The number of para-hydroxylation sites is 3. The van der Waals surface area contributed by atoms with E-state index in [1.807, 2.05) is 54.6 Å². The molecule has 5 nitrogen and oxygen atoms in total.